The molecule has 0 fully saturated rings. The van der Waals surface area contributed by atoms with E-state index in [1.807, 2.05) is 33.0 Å². The van der Waals surface area contributed by atoms with E-state index in [0.29, 0.717) is 52.2 Å². The van der Waals surface area contributed by atoms with Crippen LogP contribution in [0.4, 0.5) is 5.69 Å². The Morgan fingerprint density at radius 2 is 1.78 bits per heavy atom. The molecule has 8 nitrogen and oxygen atoms in total. The van der Waals surface area contributed by atoms with Crippen LogP contribution in [-0.2, 0) is 18.4 Å². The molecule has 1 heterocycles. The summed E-state index contributed by atoms with van der Waals surface area (Å²) in [6.45, 7) is 5.05. The average Bonchev–Trinajstić information content (AvgIpc) is 3.13. The van der Waals surface area contributed by atoms with Gasteiger partial charge in [0.25, 0.3) is 0 Å². The molecule has 1 N–H and O–H groups in total. The van der Waals surface area contributed by atoms with Gasteiger partial charge in [-0.3, -0.25) is 4.79 Å². The maximum absolute atomic E-state index is 12.4. The topological polar surface area (TPSA) is 87.5 Å². The number of hydrogen-bond donors (Lipinski definition) is 1. The number of hydrogen-bond acceptors (Lipinski definition) is 7. The fourth-order valence-corrected chi connectivity index (χ4v) is 3.68. The Kier molecular flexibility index (Phi) is 8.64. The number of nitrogens with one attached hydrogen (secondary N) is 1. The maximum Gasteiger partial charge on any atom is 0.234 e. The van der Waals surface area contributed by atoms with Crippen LogP contribution in [0.15, 0.2) is 47.6 Å². The van der Waals surface area contributed by atoms with Crippen LogP contribution in [0.2, 0.25) is 5.02 Å². The third kappa shape index (κ3) is 6.30. The molecule has 0 unspecified atom stereocenters. The smallest absolute Gasteiger partial charge is 0.234 e. The summed E-state index contributed by atoms with van der Waals surface area (Å²) in [6.07, 6.45) is 0. The van der Waals surface area contributed by atoms with Gasteiger partial charge in [0.1, 0.15) is 12.4 Å². The fourth-order valence-electron chi connectivity index (χ4n) is 2.76. The number of anilines is 1. The highest BCUT2D eigenvalue weighted by Gasteiger charge is 2.14. The molecule has 32 heavy (non-hydrogen) atoms. The molecule has 0 saturated heterocycles. The minimum absolute atomic E-state index is 0.168. The van der Waals surface area contributed by atoms with Gasteiger partial charge >= 0.3 is 0 Å². The molecule has 0 bridgehead atoms. The number of rotatable bonds is 11. The summed E-state index contributed by atoms with van der Waals surface area (Å²) in [6, 6.07) is 12.5. The Morgan fingerprint density at radius 1 is 1.03 bits per heavy atom. The Balaban J connectivity index is 1.55. The van der Waals surface area contributed by atoms with Gasteiger partial charge in [-0.1, -0.05) is 35.5 Å². The number of nitrogens with zero attached hydrogens (tertiary/aromatic N) is 3. The third-order valence-corrected chi connectivity index (χ3v) is 5.61. The number of aromatic nitrogens is 3. The molecule has 0 aliphatic rings. The lowest BCUT2D eigenvalue weighted by molar-refractivity contribution is -0.113. The summed E-state index contributed by atoms with van der Waals surface area (Å²) in [4.78, 5) is 12.4. The van der Waals surface area contributed by atoms with Crippen molar-refractivity contribution >= 4 is 35.0 Å². The first-order chi connectivity index (χ1) is 15.5. The monoisotopic (exact) mass is 476 g/mol. The Labute approximate surface area is 196 Å². The van der Waals surface area contributed by atoms with E-state index >= 15 is 0 Å². The van der Waals surface area contributed by atoms with Gasteiger partial charge in [-0.25, -0.2) is 0 Å². The molecule has 170 valence electrons. The molecule has 1 amide bonds. The van der Waals surface area contributed by atoms with Crippen molar-refractivity contribution in [3.05, 3.63) is 53.3 Å². The molecular weight excluding hydrogens is 452 g/mol. The number of halogens is 1. The van der Waals surface area contributed by atoms with Crippen LogP contribution in [0.5, 0.6) is 17.2 Å². The molecule has 0 atom stereocenters. The summed E-state index contributed by atoms with van der Waals surface area (Å²) in [5, 5.41) is 12.3. The minimum Gasteiger partial charge on any atom is -0.490 e. The number of ether oxygens (including phenoxy) is 3. The number of carbonyl (C=O) groups excluding carboxylic acids is 1. The first-order valence-corrected chi connectivity index (χ1v) is 11.5. The van der Waals surface area contributed by atoms with E-state index in [4.69, 9.17) is 25.8 Å². The summed E-state index contributed by atoms with van der Waals surface area (Å²) in [5.74, 6) is 2.45. The number of benzene rings is 2. The minimum atomic E-state index is -0.168. The first-order valence-electron chi connectivity index (χ1n) is 10.1. The van der Waals surface area contributed by atoms with Crippen LogP contribution in [-0.4, -0.2) is 39.6 Å². The zero-order chi connectivity index (χ0) is 22.9. The predicted molar refractivity (Wildman–Crippen MR) is 125 cm³/mol. The standard InChI is InChI=1S/C22H25ClN4O4S/c1-4-29-18-11-10-15(12-19(18)30-5-2)24-21(28)14-32-22-26-25-20(27(22)3)13-31-17-9-7-6-8-16(17)23/h6-12H,4-5,13-14H2,1-3H3,(H,24,28). The molecule has 1 aromatic heterocycles. The van der Waals surface area contributed by atoms with Gasteiger partial charge in [-0.2, -0.15) is 0 Å². The van der Waals surface area contributed by atoms with Gasteiger partial charge in [0.15, 0.2) is 22.5 Å². The van der Waals surface area contributed by atoms with Crippen LogP contribution in [0.25, 0.3) is 0 Å². The summed E-state index contributed by atoms with van der Waals surface area (Å²) in [5.41, 5.74) is 0.634. The molecular formula is C22H25ClN4O4S. The molecule has 0 aliphatic heterocycles. The van der Waals surface area contributed by atoms with Crippen molar-refractivity contribution in [2.24, 2.45) is 7.05 Å². The van der Waals surface area contributed by atoms with E-state index in [1.165, 1.54) is 11.8 Å². The molecule has 0 saturated carbocycles. The van der Waals surface area contributed by atoms with Crippen molar-refractivity contribution in [3.8, 4) is 17.2 Å². The second-order valence-electron chi connectivity index (χ2n) is 6.54. The Bertz CT molecular complexity index is 1060. The van der Waals surface area contributed by atoms with E-state index < -0.39 is 0 Å². The third-order valence-electron chi connectivity index (χ3n) is 4.28. The first kappa shape index (κ1) is 23.7. The molecule has 2 aromatic carbocycles. The van der Waals surface area contributed by atoms with E-state index in [1.54, 1.807) is 34.9 Å². The molecule has 0 radical (unpaired) electrons. The number of amides is 1. The second kappa shape index (κ2) is 11.6. The molecule has 0 spiro atoms. The zero-order valence-corrected chi connectivity index (χ0v) is 19.7. The summed E-state index contributed by atoms with van der Waals surface area (Å²) >= 11 is 7.39. The largest absolute Gasteiger partial charge is 0.490 e. The molecule has 3 rings (SSSR count). The lowest BCUT2D eigenvalue weighted by Gasteiger charge is -2.13. The van der Waals surface area contributed by atoms with Crippen LogP contribution >= 0.6 is 23.4 Å². The zero-order valence-electron chi connectivity index (χ0n) is 18.1. The average molecular weight is 477 g/mol. The number of carbonyl (C=O) groups is 1. The highest BCUT2D eigenvalue weighted by molar-refractivity contribution is 7.99. The molecule has 0 aliphatic carbocycles. The van der Waals surface area contributed by atoms with Gasteiger partial charge in [0.2, 0.25) is 5.91 Å². The van der Waals surface area contributed by atoms with Gasteiger partial charge in [-0.15, -0.1) is 10.2 Å². The lowest BCUT2D eigenvalue weighted by Crippen LogP contribution is -2.15. The van der Waals surface area contributed by atoms with Crippen LogP contribution < -0.4 is 19.5 Å². The van der Waals surface area contributed by atoms with Gasteiger partial charge in [0.05, 0.1) is 24.0 Å². The highest BCUT2D eigenvalue weighted by atomic mass is 35.5. The second-order valence-corrected chi connectivity index (χ2v) is 7.89. The van der Waals surface area contributed by atoms with Crippen LogP contribution in [0, 0.1) is 0 Å². The van der Waals surface area contributed by atoms with Gasteiger partial charge in [0, 0.05) is 18.8 Å². The fraction of sp³-hybridized carbons (Fsp3) is 0.318. The molecule has 3 aromatic rings. The lowest BCUT2D eigenvalue weighted by atomic mass is 10.2. The maximum atomic E-state index is 12.4. The SMILES string of the molecule is CCOc1ccc(NC(=O)CSc2nnc(COc3ccccc3Cl)n2C)cc1OCC. The number of para-hydroxylation sites is 1. The molecule has 10 heteroatoms. The number of thioether (sulfide) groups is 1. The van der Waals surface area contributed by atoms with E-state index in [9.17, 15) is 4.79 Å². The predicted octanol–water partition coefficient (Wildman–Crippen LogP) is 4.58. The van der Waals surface area contributed by atoms with E-state index in [2.05, 4.69) is 15.5 Å². The van der Waals surface area contributed by atoms with Crippen molar-refractivity contribution < 1.29 is 19.0 Å². The van der Waals surface area contributed by atoms with E-state index in [0.717, 1.165) is 0 Å². The van der Waals surface area contributed by atoms with Crippen molar-refractivity contribution in [2.45, 2.75) is 25.6 Å². The Hall–Kier alpha value is -2.91. The van der Waals surface area contributed by atoms with Crippen molar-refractivity contribution in [2.75, 3.05) is 24.3 Å². The van der Waals surface area contributed by atoms with Gasteiger partial charge in [-0.05, 0) is 38.1 Å². The summed E-state index contributed by atoms with van der Waals surface area (Å²) in [7, 11) is 1.83. The van der Waals surface area contributed by atoms with Gasteiger partial charge < -0.3 is 24.1 Å². The quantitative estimate of drug-likeness (QED) is 0.405. The Morgan fingerprint density at radius 3 is 2.53 bits per heavy atom. The van der Waals surface area contributed by atoms with E-state index in [-0.39, 0.29) is 18.3 Å². The normalized spacial score (nSPS) is 10.6. The van der Waals surface area contributed by atoms with Crippen LogP contribution in [0.1, 0.15) is 19.7 Å². The van der Waals surface area contributed by atoms with Crippen molar-refractivity contribution in [3.63, 3.8) is 0 Å². The summed E-state index contributed by atoms with van der Waals surface area (Å²) < 4.78 is 18.7. The van der Waals surface area contributed by atoms with Crippen molar-refractivity contribution in [1.29, 1.82) is 0 Å². The van der Waals surface area contributed by atoms with Crippen LogP contribution in [0.3, 0.4) is 0 Å². The highest BCUT2D eigenvalue weighted by Crippen LogP contribution is 2.31. The van der Waals surface area contributed by atoms with Crippen molar-refractivity contribution in [1.82, 2.24) is 14.8 Å².